The smallest absolute Gasteiger partial charge is 0.301 e. The van der Waals surface area contributed by atoms with Crippen LogP contribution in [0.3, 0.4) is 0 Å². The van der Waals surface area contributed by atoms with Gasteiger partial charge in [0, 0.05) is 22.0 Å². The summed E-state index contributed by atoms with van der Waals surface area (Å²) in [7, 11) is 0. The van der Waals surface area contributed by atoms with E-state index in [1.807, 2.05) is 31.2 Å². The van der Waals surface area contributed by atoms with Crippen molar-refractivity contribution in [1.82, 2.24) is 4.98 Å². The van der Waals surface area contributed by atoms with Crippen molar-refractivity contribution in [1.29, 1.82) is 0 Å². The van der Waals surface area contributed by atoms with Crippen LogP contribution < -0.4 is 5.32 Å². The molecule has 5 nitrogen and oxygen atoms in total. The Labute approximate surface area is 129 Å². The van der Waals surface area contributed by atoms with Crippen molar-refractivity contribution < 1.29 is 4.92 Å². The molecule has 1 aromatic carbocycles. The Bertz CT molecular complexity index is 620. The summed E-state index contributed by atoms with van der Waals surface area (Å²) < 4.78 is 0.964. The summed E-state index contributed by atoms with van der Waals surface area (Å²) >= 11 is 4.64. The summed E-state index contributed by atoms with van der Waals surface area (Å²) in [6.45, 7) is 2.66. The maximum absolute atomic E-state index is 11.1. The third kappa shape index (κ3) is 3.71. The summed E-state index contributed by atoms with van der Waals surface area (Å²) in [6.07, 6.45) is 0. The van der Waals surface area contributed by atoms with Crippen molar-refractivity contribution in [3.05, 3.63) is 51.0 Å². The highest BCUT2D eigenvalue weighted by molar-refractivity contribution is 9.10. The number of hydrogen-bond donors (Lipinski definition) is 1. The van der Waals surface area contributed by atoms with Crippen LogP contribution >= 0.6 is 27.7 Å². The summed E-state index contributed by atoms with van der Waals surface area (Å²) in [4.78, 5) is 15.8. The molecule has 1 aromatic heterocycles. The van der Waals surface area contributed by atoms with Gasteiger partial charge in [0.25, 0.3) is 0 Å². The van der Waals surface area contributed by atoms with Crippen molar-refractivity contribution in [3.63, 3.8) is 0 Å². The minimum absolute atomic E-state index is 0.0135. The molecule has 0 aliphatic rings. The van der Waals surface area contributed by atoms with Gasteiger partial charge in [-0.15, -0.1) is 0 Å². The molecule has 0 saturated carbocycles. The number of nitrogens with one attached hydrogen (secondary N) is 1. The van der Waals surface area contributed by atoms with Crippen LogP contribution in [0.2, 0.25) is 0 Å². The first kappa shape index (κ1) is 14.8. The first-order chi connectivity index (χ1) is 9.60. The van der Waals surface area contributed by atoms with E-state index in [-0.39, 0.29) is 5.69 Å². The zero-order chi connectivity index (χ0) is 14.5. The second-order valence-corrected chi connectivity index (χ2v) is 5.84. The van der Waals surface area contributed by atoms with Gasteiger partial charge in [-0.25, -0.2) is 4.98 Å². The van der Waals surface area contributed by atoms with Crippen molar-refractivity contribution in [2.45, 2.75) is 16.8 Å². The van der Waals surface area contributed by atoms with Crippen LogP contribution in [-0.2, 0) is 0 Å². The second kappa shape index (κ2) is 6.71. The molecule has 0 unspecified atom stereocenters. The van der Waals surface area contributed by atoms with Crippen molar-refractivity contribution in [2.75, 3.05) is 11.9 Å². The molecule has 0 atom stereocenters. The summed E-state index contributed by atoms with van der Waals surface area (Å²) in [5.41, 5.74) is 0.0135. The largest absolute Gasteiger partial charge is 0.370 e. The molecule has 0 amide bonds. The molecule has 20 heavy (non-hydrogen) atoms. The number of nitro groups is 1. The molecule has 0 bridgehead atoms. The van der Waals surface area contributed by atoms with Gasteiger partial charge in [0.05, 0.1) is 4.92 Å². The fourth-order valence-corrected chi connectivity index (χ4v) is 2.69. The van der Waals surface area contributed by atoms with Crippen molar-refractivity contribution in [3.8, 4) is 0 Å². The van der Waals surface area contributed by atoms with Gasteiger partial charge in [-0.1, -0.05) is 27.7 Å². The lowest BCUT2D eigenvalue weighted by molar-refractivity contribution is -0.388. The van der Waals surface area contributed by atoms with E-state index in [4.69, 9.17) is 0 Å². The van der Waals surface area contributed by atoms with Crippen LogP contribution in [0, 0.1) is 10.1 Å². The monoisotopic (exact) mass is 353 g/mol. The zero-order valence-electron chi connectivity index (χ0n) is 10.7. The molecule has 0 radical (unpaired) electrons. The molecule has 104 valence electrons. The molecule has 1 heterocycles. The number of hydrogen-bond acceptors (Lipinski definition) is 5. The van der Waals surface area contributed by atoms with Crippen molar-refractivity contribution in [2.24, 2.45) is 0 Å². The molecule has 7 heteroatoms. The number of pyridine rings is 1. The maximum atomic E-state index is 11.1. The third-order valence-corrected chi connectivity index (χ3v) is 3.95. The Morgan fingerprint density at radius 3 is 2.60 bits per heavy atom. The lowest BCUT2D eigenvalue weighted by Gasteiger charge is -2.06. The van der Waals surface area contributed by atoms with Crippen LogP contribution in [0.25, 0.3) is 0 Å². The predicted octanol–water partition coefficient (Wildman–Crippen LogP) is 4.34. The van der Waals surface area contributed by atoms with E-state index in [2.05, 4.69) is 26.2 Å². The predicted molar refractivity (Wildman–Crippen MR) is 83.3 cm³/mol. The Kier molecular flexibility index (Phi) is 4.97. The highest BCUT2D eigenvalue weighted by atomic mass is 79.9. The Morgan fingerprint density at radius 1 is 1.30 bits per heavy atom. The minimum Gasteiger partial charge on any atom is -0.370 e. The number of nitrogens with zero attached hydrogens (tertiary/aromatic N) is 2. The Morgan fingerprint density at radius 2 is 2.00 bits per heavy atom. The summed E-state index contributed by atoms with van der Waals surface area (Å²) in [6, 6.07) is 10.7. The molecule has 0 aliphatic heterocycles. The van der Waals surface area contributed by atoms with Gasteiger partial charge in [0.1, 0.15) is 5.82 Å². The second-order valence-electron chi connectivity index (χ2n) is 3.86. The summed E-state index contributed by atoms with van der Waals surface area (Å²) in [5.74, 6) is 0.637. The van der Waals surface area contributed by atoms with E-state index in [1.54, 1.807) is 6.07 Å². The fourth-order valence-electron chi connectivity index (χ4n) is 1.54. The average molecular weight is 354 g/mol. The number of rotatable bonds is 5. The Hall–Kier alpha value is -1.60. The van der Waals surface area contributed by atoms with E-state index in [0.717, 1.165) is 9.37 Å². The lowest BCUT2D eigenvalue weighted by Crippen LogP contribution is -2.01. The molecule has 0 fully saturated rings. The van der Waals surface area contributed by atoms with Gasteiger partial charge in [-0.2, -0.15) is 0 Å². The normalized spacial score (nSPS) is 10.3. The van der Waals surface area contributed by atoms with Crippen LogP contribution in [0.1, 0.15) is 6.92 Å². The minimum atomic E-state index is -0.413. The average Bonchev–Trinajstić information content (AvgIpc) is 2.42. The highest BCUT2D eigenvalue weighted by Crippen LogP contribution is 2.34. The molecule has 1 N–H and O–H groups in total. The molecule has 2 rings (SSSR count). The molecule has 0 saturated heterocycles. The lowest BCUT2D eigenvalue weighted by atomic mass is 10.4. The van der Waals surface area contributed by atoms with E-state index in [0.29, 0.717) is 17.4 Å². The molecular formula is C13H12BrN3O2S. The highest BCUT2D eigenvalue weighted by Gasteiger charge is 2.17. The maximum Gasteiger partial charge on any atom is 0.301 e. The first-order valence-electron chi connectivity index (χ1n) is 5.93. The standard InChI is InChI=1S/C13H12BrN3O2S/c1-2-15-12-8-7-11(17(18)19)13(16-12)20-10-5-3-9(14)4-6-10/h3-8H,2H2,1H3,(H,15,16). The zero-order valence-corrected chi connectivity index (χ0v) is 13.1. The van der Waals surface area contributed by atoms with E-state index >= 15 is 0 Å². The number of aromatic nitrogens is 1. The van der Waals surface area contributed by atoms with Crippen LogP contribution in [0.5, 0.6) is 0 Å². The van der Waals surface area contributed by atoms with E-state index in [1.165, 1.54) is 17.8 Å². The Balaban J connectivity index is 2.34. The van der Waals surface area contributed by atoms with Gasteiger partial charge in [0.15, 0.2) is 5.03 Å². The van der Waals surface area contributed by atoms with Gasteiger partial charge >= 0.3 is 5.69 Å². The SMILES string of the molecule is CCNc1ccc([N+](=O)[O-])c(Sc2ccc(Br)cc2)n1. The van der Waals surface area contributed by atoms with E-state index in [9.17, 15) is 10.1 Å². The molecule has 0 aliphatic carbocycles. The fraction of sp³-hybridized carbons (Fsp3) is 0.154. The first-order valence-corrected chi connectivity index (χ1v) is 7.54. The van der Waals surface area contributed by atoms with Gasteiger partial charge in [0.2, 0.25) is 0 Å². The third-order valence-electron chi connectivity index (χ3n) is 2.42. The molecule has 0 spiro atoms. The molecule has 2 aromatic rings. The van der Waals surface area contributed by atoms with E-state index < -0.39 is 4.92 Å². The number of benzene rings is 1. The van der Waals surface area contributed by atoms with Gasteiger partial charge < -0.3 is 5.32 Å². The summed E-state index contributed by atoms with van der Waals surface area (Å²) in [5, 5.41) is 14.5. The van der Waals surface area contributed by atoms with Gasteiger partial charge in [-0.05, 0) is 37.3 Å². The quantitative estimate of drug-likeness (QED) is 0.639. The van der Waals surface area contributed by atoms with Crippen LogP contribution in [0.15, 0.2) is 50.8 Å². The van der Waals surface area contributed by atoms with Gasteiger partial charge in [-0.3, -0.25) is 10.1 Å². The van der Waals surface area contributed by atoms with Crippen molar-refractivity contribution >= 4 is 39.2 Å². The van der Waals surface area contributed by atoms with Crippen LogP contribution in [-0.4, -0.2) is 16.5 Å². The number of halogens is 1. The molecular weight excluding hydrogens is 342 g/mol. The topological polar surface area (TPSA) is 68.1 Å². The van der Waals surface area contributed by atoms with Crippen LogP contribution in [0.4, 0.5) is 11.5 Å². The number of anilines is 1.